The summed E-state index contributed by atoms with van der Waals surface area (Å²) in [5, 5.41) is 13.6. The Balaban J connectivity index is 1.93. The number of nitro groups is 1. The monoisotopic (exact) mass is 348 g/mol. The van der Waals surface area contributed by atoms with Gasteiger partial charge < -0.3 is 14.8 Å². The molecular weight excluding hydrogens is 331 g/mol. The van der Waals surface area contributed by atoms with Gasteiger partial charge in [0.05, 0.1) is 18.1 Å². The number of nitrogens with zero attached hydrogens (tertiary/aromatic N) is 1. The molecule has 0 saturated carbocycles. The van der Waals surface area contributed by atoms with Gasteiger partial charge in [0.25, 0.3) is 5.91 Å². The summed E-state index contributed by atoms with van der Waals surface area (Å²) in [7, 11) is 1.31. The molecule has 0 saturated heterocycles. The fourth-order valence-electron chi connectivity index (χ4n) is 2.17. The second-order valence-corrected chi connectivity index (χ2v) is 5.22. The average molecular weight is 348 g/mol. The predicted octanol–water partition coefficient (Wildman–Crippen LogP) is 3.00. The number of carbonyl (C=O) groups excluding carboxylic acids is 1. The number of hydrogen-bond donors (Lipinski definition) is 1. The molecule has 1 atom stereocenters. The van der Waals surface area contributed by atoms with Crippen molar-refractivity contribution in [3.8, 4) is 11.5 Å². The van der Waals surface area contributed by atoms with Crippen LogP contribution in [0.15, 0.2) is 42.5 Å². The zero-order chi connectivity index (χ0) is 18.4. The third kappa shape index (κ3) is 4.90. The molecule has 0 spiro atoms. The average Bonchev–Trinajstić information content (AvgIpc) is 2.60. The summed E-state index contributed by atoms with van der Waals surface area (Å²) in [5.74, 6) is -0.415. The Labute approximate surface area is 143 Å². The first-order chi connectivity index (χ1) is 11.9. The van der Waals surface area contributed by atoms with E-state index in [-0.39, 0.29) is 41.6 Å². The number of rotatable bonds is 7. The summed E-state index contributed by atoms with van der Waals surface area (Å²) in [6.45, 7) is 1.49. The number of halogens is 1. The molecule has 2 aromatic carbocycles. The topological polar surface area (TPSA) is 90.7 Å². The predicted molar refractivity (Wildman–Crippen MR) is 88.1 cm³/mol. The molecule has 7 nitrogen and oxygen atoms in total. The first-order valence-electron chi connectivity index (χ1n) is 7.40. The summed E-state index contributed by atoms with van der Waals surface area (Å²) >= 11 is 0. The number of benzene rings is 2. The van der Waals surface area contributed by atoms with Crippen LogP contribution in [-0.2, 0) is 4.79 Å². The van der Waals surface area contributed by atoms with E-state index in [1.165, 1.54) is 37.4 Å². The summed E-state index contributed by atoms with van der Waals surface area (Å²) < 4.78 is 23.2. The minimum atomic E-state index is -0.570. The Kier molecular flexibility index (Phi) is 5.89. The largest absolute Gasteiger partial charge is 0.490 e. The maximum absolute atomic E-state index is 12.9. The van der Waals surface area contributed by atoms with E-state index in [2.05, 4.69) is 5.32 Å². The quantitative estimate of drug-likeness (QED) is 0.613. The van der Waals surface area contributed by atoms with Crippen LogP contribution in [0.4, 0.5) is 10.1 Å². The van der Waals surface area contributed by atoms with Gasteiger partial charge in [0.15, 0.2) is 6.61 Å². The molecule has 0 radical (unpaired) electrons. The standard InChI is InChI=1S/C17H17FN2O5/c1-11(12-3-5-13(18)6-4-12)19-17(21)10-25-14-7-8-15(20(22)23)16(9-14)24-2/h3-9,11H,10H2,1-2H3,(H,19,21). The molecule has 0 aromatic heterocycles. The van der Waals surface area contributed by atoms with Crippen LogP contribution in [0.2, 0.25) is 0 Å². The third-order valence-electron chi connectivity index (χ3n) is 3.47. The van der Waals surface area contributed by atoms with E-state index in [1.807, 2.05) is 0 Å². The lowest BCUT2D eigenvalue weighted by Crippen LogP contribution is -2.31. The fourth-order valence-corrected chi connectivity index (χ4v) is 2.17. The van der Waals surface area contributed by atoms with E-state index in [1.54, 1.807) is 19.1 Å². The second kappa shape index (κ2) is 8.09. The first kappa shape index (κ1) is 18.2. The molecular formula is C17H17FN2O5. The van der Waals surface area contributed by atoms with Gasteiger partial charge in [0.2, 0.25) is 5.75 Å². The van der Waals surface area contributed by atoms with E-state index in [0.29, 0.717) is 0 Å². The number of carbonyl (C=O) groups is 1. The van der Waals surface area contributed by atoms with Crippen molar-refractivity contribution in [3.63, 3.8) is 0 Å². The smallest absolute Gasteiger partial charge is 0.311 e. The van der Waals surface area contributed by atoms with Gasteiger partial charge in [0, 0.05) is 12.1 Å². The van der Waals surface area contributed by atoms with Crippen LogP contribution in [0.3, 0.4) is 0 Å². The number of ether oxygens (including phenoxy) is 2. The van der Waals surface area contributed by atoms with Crippen LogP contribution in [0.5, 0.6) is 11.5 Å². The van der Waals surface area contributed by atoms with Crippen molar-refractivity contribution in [2.24, 2.45) is 0 Å². The molecule has 8 heteroatoms. The Morgan fingerprint density at radius 2 is 1.96 bits per heavy atom. The van der Waals surface area contributed by atoms with Gasteiger partial charge >= 0.3 is 5.69 Å². The summed E-state index contributed by atoms with van der Waals surface area (Å²) in [6, 6.07) is 9.46. The normalized spacial score (nSPS) is 11.5. The van der Waals surface area contributed by atoms with Gasteiger partial charge in [-0.1, -0.05) is 12.1 Å². The molecule has 1 amide bonds. The molecule has 0 aliphatic rings. The molecule has 0 heterocycles. The van der Waals surface area contributed by atoms with Gasteiger partial charge in [-0.3, -0.25) is 14.9 Å². The van der Waals surface area contributed by atoms with Crippen molar-refractivity contribution < 1.29 is 23.6 Å². The van der Waals surface area contributed by atoms with Crippen molar-refractivity contribution >= 4 is 11.6 Å². The minimum Gasteiger partial charge on any atom is -0.490 e. The second-order valence-electron chi connectivity index (χ2n) is 5.22. The first-order valence-corrected chi connectivity index (χ1v) is 7.40. The summed E-state index contributed by atoms with van der Waals surface area (Å²) in [5.41, 5.74) is 0.566. The van der Waals surface area contributed by atoms with Crippen LogP contribution in [0, 0.1) is 15.9 Å². The number of nitrogens with one attached hydrogen (secondary N) is 1. The number of hydrogen-bond acceptors (Lipinski definition) is 5. The highest BCUT2D eigenvalue weighted by molar-refractivity contribution is 5.78. The van der Waals surface area contributed by atoms with Crippen LogP contribution in [0.1, 0.15) is 18.5 Å². The van der Waals surface area contributed by atoms with Gasteiger partial charge in [-0.2, -0.15) is 0 Å². The van der Waals surface area contributed by atoms with Gasteiger partial charge in [-0.05, 0) is 30.7 Å². The van der Waals surface area contributed by atoms with Crippen molar-refractivity contribution in [1.82, 2.24) is 5.32 Å². The Morgan fingerprint density at radius 1 is 1.28 bits per heavy atom. The number of methoxy groups -OCH3 is 1. The van der Waals surface area contributed by atoms with E-state index >= 15 is 0 Å². The van der Waals surface area contributed by atoms with Crippen LogP contribution < -0.4 is 14.8 Å². The van der Waals surface area contributed by atoms with Crippen molar-refractivity contribution in [2.45, 2.75) is 13.0 Å². The zero-order valence-electron chi connectivity index (χ0n) is 13.7. The van der Waals surface area contributed by atoms with E-state index in [0.717, 1.165) is 5.56 Å². The zero-order valence-corrected chi connectivity index (χ0v) is 13.7. The molecule has 1 N–H and O–H groups in total. The molecule has 0 aliphatic carbocycles. The lowest BCUT2D eigenvalue weighted by atomic mass is 10.1. The molecule has 0 bridgehead atoms. The Bertz CT molecular complexity index is 764. The molecule has 0 aliphatic heterocycles. The number of amides is 1. The maximum Gasteiger partial charge on any atom is 0.311 e. The number of nitro benzene ring substituents is 1. The molecule has 0 fully saturated rings. The van der Waals surface area contributed by atoms with Crippen LogP contribution in [0.25, 0.3) is 0 Å². The van der Waals surface area contributed by atoms with E-state index < -0.39 is 4.92 Å². The van der Waals surface area contributed by atoms with E-state index in [9.17, 15) is 19.3 Å². The summed E-state index contributed by atoms with van der Waals surface area (Å²) in [4.78, 5) is 22.2. The minimum absolute atomic E-state index is 0.0441. The summed E-state index contributed by atoms with van der Waals surface area (Å²) in [6.07, 6.45) is 0. The van der Waals surface area contributed by atoms with E-state index in [4.69, 9.17) is 9.47 Å². The van der Waals surface area contributed by atoms with Crippen LogP contribution in [-0.4, -0.2) is 24.5 Å². The Morgan fingerprint density at radius 3 is 2.56 bits per heavy atom. The molecule has 25 heavy (non-hydrogen) atoms. The Hall–Kier alpha value is -3.16. The lowest BCUT2D eigenvalue weighted by Gasteiger charge is -2.15. The lowest BCUT2D eigenvalue weighted by molar-refractivity contribution is -0.385. The highest BCUT2D eigenvalue weighted by Crippen LogP contribution is 2.30. The van der Waals surface area contributed by atoms with Crippen molar-refractivity contribution in [1.29, 1.82) is 0 Å². The van der Waals surface area contributed by atoms with Gasteiger partial charge in [0.1, 0.15) is 11.6 Å². The fraction of sp³-hybridized carbons (Fsp3) is 0.235. The molecule has 1 unspecified atom stereocenters. The highest BCUT2D eigenvalue weighted by Gasteiger charge is 2.16. The maximum atomic E-state index is 12.9. The third-order valence-corrected chi connectivity index (χ3v) is 3.47. The SMILES string of the molecule is COc1cc(OCC(=O)NC(C)c2ccc(F)cc2)ccc1[N+](=O)[O-]. The van der Waals surface area contributed by atoms with Gasteiger partial charge in [-0.15, -0.1) is 0 Å². The van der Waals surface area contributed by atoms with Crippen molar-refractivity contribution in [2.75, 3.05) is 13.7 Å². The van der Waals surface area contributed by atoms with Gasteiger partial charge in [-0.25, -0.2) is 4.39 Å². The molecule has 132 valence electrons. The molecule has 2 aromatic rings. The molecule has 2 rings (SSSR count). The van der Waals surface area contributed by atoms with Crippen molar-refractivity contribution in [3.05, 3.63) is 64.0 Å². The van der Waals surface area contributed by atoms with Crippen LogP contribution >= 0.6 is 0 Å². The highest BCUT2D eigenvalue weighted by atomic mass is 19.1.